The molecule has 122 valence electrons. The fraction of sp³-hybridized carbons (Fsp3) is 0.421. The highest BCUT2D eigenvalue weighted by Crippen LogP contribution is 2.30. The van der Waals surface area contributed by atoms with Crippen LogP contribution in [0.3, 0.4) is 0 Å². The summed E-state index contributed by atoms with van der Waals surface area (Å²) < 4.78 is 0. The summed E-state index contributed by atoms with van der Waals surface area (Å²) in [6.45, 7) is 1.99. The summed E-state index contributed by atoms with van der Waals surface area (Å²) >= 11 is 0. The lowest BCUT2D eigenvalue weighted by Crippen LogP contribution is -2.33. The molecular formula is C19H24N2O2. The Morgan fingerprint density at radius 3 is 2.74 bits per heavy atom. The molecule has 2 aromatic carbocycles. The molecule has 0 saturated heterocycles. The van der Waals surface area contributed by atoms with E-state index in [0.29, 0.717) is 19.0 Å². The Morgan fingerprint density at radius 2 is 1.96 bits per heavy atom. The van der Waals surface area contributed by atoms with Gasteiger partial charge >= 0.3 is 0 Å². The van der Waals surface area contributed by atoms with E-state index in [4.69, 9.17) is 5.11 Å². The SMILES string of the molecule is O=C(CCN(Cc1cccc2ccccc12)C1CC1)NCCO. The van der Waals surface area contributed by atoms with Crippen LogP contribution >= 0.6 is 0 Å². The fourth-order valence-electron chi connectivity index (χ4n) is 3.01. The molecule has 1 fully saturated rings. The molecule has 0 bridgehead atoms. The quantitative estimate of drug-likeness (QED) is 0.786. The highest BCUT2D eigenvalue weighted by atomic mass is 16.3. The summed E-state index contributed by atoms with van der Waals surface area (Å²) in [5, 5.41) is 14.0. The average molecular weight is 312 g/mol. The molecule has 0 radical (unpaired) electrons. The Morgan fingerprint density at radius 1 is 1.17 bits per heavy atom. The molecule has 0 aromatic heterocycles. The highest BCUT2D eigenvalue weighted by molar-refractivity contribution is 5.85. The first-order chi connectivity index (χ1) is 11.3. The Kier molecular flexibility index (Phi) is 5.26. The molecule has 23 heavy (non-hydrogen) atoms. The zero-order valence-corrected chi connectivity index (χ0v) is 13.4. The number of carbonyl (C=O) groups excluding carboxylic acids is 1. The second-order valence-corrected chi connectivity index (χ2v) is 6.16. The standard InChI is InChI=1S/C19H24N2O2/c22-13-11-20-19(23)10-12-21(17-8-9-17)14-16-6-3-5-15-4-1-2-7-18(15)16/h1-7,17,22H,8-14H2,(H,20,23). The van der Waals surface area contributed by atoms with Gasteiger partial charge in [0.2, 0.25) is 5.91 Å². The summed E-state index contributed by atoms with van der Waals surface area (Å²) in [6.07, 6.45) is 2.94. The van der Waals surface area contributed by atoms with Gasteiger partial charge in [0, 0.05) is 32.1 Å². The highest BCUT2D eigenvalue weighted by Gasteiger charge is 2.29. The summed E-state index contributed by atoms with van der Waals surface area (Å²) in [5.74, 6) is 0.0163. The first-order valence-electron chi connectivity index (χ1n) is 8.36. The van der Waals surface area contributed by atoms with Crippen molar-refractivity contribution in [3.63, 3.8) is 0 Å². The van der Waals surface area contributed by atoms with Crippen LogP contribution in [0.2, 0.25) is 0 Å². The molecule has 2 N–H and O–H groups in total. The van der Waals surface area contributed by atoms with E-state index in [9.17, 15) is 4.79 Å². The van der Waals surface area contributed by atoms with E-state index >= 15 is 0 Å². The van der Waals surface area contributed by atoms with Crippen LogP contribution in [-0.4, -0.2) is 41.7 Å². The van der Waals surface area contributed by atoms with Crippen molar-refractivity contribution in [2.75, 3.05) is 19.7 Å². The van der Waals surface area contributed by atoms with Gasteiger partial charge in [0.15, 0.2) is 0 Å². The molecule has 0 heterocycles. The zero-order valence-electron chi connectivity index (χ0n) is 13.4. The molecule has 0 atom stereocenters. The van der Waals surface area contributed by atoms with E-state index < -0.39 is 0 Å². The van der Waals surface area contributed by atoms with Crippen LogP contribution in [-0.2, 0) is 11.3 Å². The van der Waals surface area contributed by atoms with Crippen molar-refractivity contribution < 1.29 is 9.90 Å². The van der Waals surface area contributed by atoms with Crippen LogP contribution in [0.15, 0.2) is 42.5 Å². The monoisotopic (exact) mass is 312 g/mol. The minimum Gasteiger partial charge on any atom is -0.395 e. The van der Waals surface area contributed by atoms with Crippen LogP contribution in [0.25, 0.3) is 10.8 Å². The van der Waals surface area contributed by atoms with Gasteiger partial charge in [0.25, 0.3) is 0 Å². The molecule has 3 rings (SSSR count). The van der Waals surface area contributed by atoms with E-state index in [-0.39, 0.29) is 12.5 Å². The molecule has 4 nitrogen and oxygen atoms in total. The first kappa shape index (κ1) is 16.0. The minimum atomic E-state index is -0.00587. The van der Waals surface area contributed by atoms with Crippen molar-refractivity contribution in [1.29, 1.82) is 0 Å². The Hall–Kier alpha value is -1.91. The molecule has 1 amide bonds. The summed E-state index contributed by atoms with van der Waals surface area (Å²) in [4.78, 5) is 14.2. The number of aliphatic hydroxyl groups is 1. The summed E-state index contributed by atoms with van der Waals surface area (Å²) in [5.41, 5.74) is 1.32. The first-order valence-corrected chi connectivity index (χ1v) is 8.36. The van der Waals surface area contributed by atoms with Crippen molar-refractivity contribution in [3.05, 3.63) is 48.0 Å². The lowest BCUT2D eigenvalue weighted by molar-refractivity contribution is -0.121. The molecule has 0 spiro atoms. The van der Waals surface area contributed by atoms with Crippen LogP contribution in [0.4, 0.5) is 0 Å². The third kappa shape index (κ3) is 4.30. The van der Waals surface area contributed by atoms with Gasteiger partial charge in [0.1, 0.15) is 0 Å². The lowest BCUT2D eigenvalue weighted by Gasteiger charge is -2.22. The number of carbonyl (C=O) groups is 1. The third-order valence-corrected chi connectivity index (χ3v) is 4.38. The Balaban J connectivity index is 1.66. The van der Waals surface area contributed by atoms with E-state index in [1.165, 1.54) is 29.2 Å². The zero-order chi connectivity index (χ0) is 16.1. The fourth-order valence-corrected chi connectivity index (χ4v) is 3.01. The average Bonchev–Trinajstić information content (AvgIpc) is 3.41. The van der Waals surface area contributed by atoms with Gasteiger partial charge in [-0.3, -0.25) is 9.69 Å². The number of nitrogens with one attached hydrogen (secondary N) is 1. The molecule has 2 aromatic rings. The molecule has 0 unspecified atom stereocenters. The maximum atomic E-state index is 11.8. The number of benzene rings is 2. The topological polar surface area (TPSA) is 52.6 Å². The Labute approximate surface area is 137 Å². The van der Waals surface area contributed by atoms with Crippen LogP contribution < -0.4 is 5.32 Å². The molecule has 0 aliphatic heterocycles. The number of hydrogen-bond acceptors (Lipinski definition) is 3. The van der Waals surface area contributed by atoms with Crippen LogP contribution in [0.1, 0.15) is 24.8 Å². The maximum absolute atomic E-state index is 11.8. The molecule has 1 aliphatic rings. The van der Waals surface area contributed by atoms with Gasteiger partial charge in [-0.1, -0.05) is 42.5 Å². The van der Waals surface area contributed by atoms with Gasteiger partial charge in [0.05, 0.1) is 6.61 Å². The molecule has 1 saturated carbocycles. The number of aliphatic hydroxyl groups excluding tert-OH is 1. The van der Waals surface area contributed by atoms with Crippen LogP contribution in [0.5, 0.6) is 0 Å². The molecule has 4 heteroatoms. The van der Waals surface area contributed by atoms with Gasteiger partial charge in [-0.15, -0.1) is 0 Å². The van der Waals surface area contributed by atoms with E-state index in [1.54, 1.807) is 0 Å². The van der Waals surface area contributed by atoms with Crippen molar-refractivity contribution in [2.45, 2.75) is 31.8 Å². The molecular weight excluding hydrogens is 288 g/mol. The third-order valence-electron chi connectivity index (χ3n) is 4.38. The minimum absolute atomic E-state index is 0.00587. The van der Waals surface area contributed by atoms with Gasteiger partial charge in [-0.25, -0.2) is 0 Å². The number of amides is 1. The summed E-state index contributed by atoms with van der Waals surface area (Å²) in [7, 11) is 0. The lowest BCUT2D eigenvalue weighted by atomic mass is 10.0. The van der Waals surface area contributed by atoms with Gasteiger partial charge in [-0.05, 0) is 29.2 Å². The van der Waals surface area contributed by atoms with Crippen LogP contribution in [0, 0.1) is 0 Å². The number of fused-ring (bicyclic) bond motifs is 1. The maximum Gasteiger partial charge on any atom is 0.221 e. The summed E-state index contributed by atoms with van der Waals surface area (Å²) in [6, 6.07) is 15.5. The van der Waals surface area contributed by atoms with Crippen molar-refractivity contribution in [2.24, 2.45) is 0 Å². The number of rotatable bonds is 8. The second-order valence-electron chi connectivity index (χ2n) is 6.16. The predicted molar refractivity (Wildman–Crippen MR) is 92.1 cm³/mol. The normalized spacial score (nSPS) is 14.3. The van der Waals surface area contributed by atoms with E-state index in [0.717, 1.165) is 13.1 Å². The molecule has 1 aliphatic carbocycles. The van der Waals surface area contributed by atoms with Crippen molar-refractivity contribution >= 4 is 16.7 Å². The van der Waals surface area contributed by atoms with Crippen molar-refractivity contribution in [1.82, 2.24) is 10.2 Å². The van der Waals surface area contributed by atoms with E-state index in [1.807, 2.05) is 0 Å². The smallest absolute Gasteiger partial charge is 0.221 e. The van der Waals surface area contributed by atoms with E-state index in [2.05, 4.69) is 52.7 Å². The predicted octanol–water partition coefficient (Wildman–Crippen LogP) is 2.30. The Bertz CT molecular complexity index is 662. The number of hydrogen-bond donors (Lipinski definition) is 2. The second kappa shape index (κ2) is 7.57. The number of nitrogens with zero attached hydrogens (tertiary/aromatic N) is 1. The van der Waals surface area contributed by atoms with Gasteiger partial charge < -0.3 is 10.4 Å². The largest absolute Gasteiger partial charge is 0.395 e. The van der Waals surface area contributed by atoms with Crippen molar-refractivity contribution in [3.8, 4) is 0 Å². The van der Waals surface area contributed by atoms with Gasteiger partial charge in [-0.2, -0.15) is 0 Å².